The third-order valence-corrected chi connectivity index (χ3v) is 5.02. The van der Waals surface area contributed by atoms with Gasteiger partial charge in [-0.15, -0.1) is 0 Å². The lowest BCUT2D eigenvalue weighted by Crippen LogP contribution is -2.56. The van der Waals surface area contributed by atoms with Gasteiger partial charge in [0.25, 0.3) is 0 Å². The molecular formula is C21H33N3O4. The highest BCUT2D eigenvalue weighted by Gasteiger charge is 2.34. The number of ether oxygens (including phenoxy) is 1. The molecule has 2 rings (SSSR count). The standard InChI is InChI=1S/C21H33N3O4/c1-5-24(12-20(25)26)18-10-17(11-18)23-21(27)22-15(4)16-6-8-19(9-7-16)28-13-14(2)3/h6-9,14-15,17-18H,5,10-13H2,1-4H3,(H,25,26)(H2,22,23,27). The van der Waals surface area contributed by atoms with E-state index in [1.807, 2.05) is 43.0 Å². The van der Waals surface area contributed by atoms with Crippen molar-refractivity contribution in [3.63, 3.8) is 0 Å². The number of aliphatic carboxylic acids is 1. The van der Waals surface area contributed by atoms with Gasteiger partial charge in [0.2, 0.25) is 0 Å². The SMILES string of the molecule is CCN(CC(=O)O)C1CC(NC(=O)NC(C)c2ccc(OCC(C)C)cc2)C1. The van der Waals surface area contributed by atoms with Gasteiger partial charge in [-0.05, 0) is 49.9 Å². The van der Waals surface area contributed by atoms with E-state index in [2.05, 4.69) is 24.5 Å². The number of nitrogens with zero attached hydrogens (tertiary/aromatic N) is 1. The van der Waals surface area contributed by atoms with Gasteiger partial charge < -0.3 is 20.5 Å². The highest BCUT2D eigenvalue weighted by Crippen LogP contribution is 2.25. The van der Waals surface area contributed by atoms with Crippen molar-refractivity contribution in [3.8, 4) is 5.75 Å². The first kappa shape index (κ1) is 22.0. The number of carboxylic acid groups (broad SMARTS) is 1. The fourth-order valence-corrected chi connectivity index (χ4v) is 3.30. The number of nitrogens with one attached hydrogen (secondary N) is 2. The lowest BCUT2D eigenvalue weighted by Gasteiger charge is -2.42. The number of urea groups is 1. The van der Waals surface area contributed by atoms with Crippen LogP contribution in [0.2, 0.25) is 0 Å². The van der Waals surface area contributed by atoms with E-state index in [0.717, 1.165) is 24.2 Å². The Balaban J connectivity index is 1.74. The van der Waals surface area contributed by atoms with Crippen molar-refractivity contribution in [2.75, 3.05) is 19.7 Å². The van der Waals surface area contributed by atoms with Gasteiger partial charge in [-0.3, -0.25) is 9.69 Å². The van der Waals surface area contributed by atoms with E-state index >= 15 is 0 Å². The third-order valence-electron chi connectivity index (χ3n) is 5.02. The Morgan fingerprint density at radius 2 is 1.86 bits per heavy atom. The fraction of sp³-hybridized carbons (Fsp3) is 0.619. The average molecular weight is 392 g/mol. The van der Waals surface area contributed by atoms with Crippen LogP contribution in [-0.4, -0.2) is 53.8 Å². The van der Waals surface area contributed by atoms with Crippen LogP contribution in [-0.2, 0) is 4.79 Å². The zero-order chi connectivity index (χ0) is 20.7. The summed E-state index contributed by atoms with van der Waals surface area (Å²) in [6.45, 7) is 9.54. The first-order valence-corrected chi connectivity index (χ1v) is 10.0. The van der Waals surface area contributed by atoms with Gasteiger partial charge in [-0.2, -0.15) is 0 Å². The van der Waals surface area contributed by atoms with Gasteiger partial charge in [0, 0.05) is 12.1 Å². The number of likely N-dealkylation sites (N-methyl/N-ethyl adjacent to an activating group) is 1. The molecule has 0 spiro atoms. The Labute approximate surface area is 167 Å². The molecule has 1 atom stereocenters. The van der Waals surface area contributed by atoms with Crippen LogP contribution >= 0.6 is 0 Å². The molecular weight excluding hydrogens is 358 g/mol. The monoisotopic (exact) mass is 391 g/mol. The predicted octanol–water partition coefficient (Wildman–Crippen LogP) is 3.02. The van der Waals surface area contributed by atoms with Gasteiger partial charge in [0.15, 0.2) is 0 Å². The second kappa shape index (κ2) is 10.3. The summed E-state index contributed by atoms with van der Waals surface area (Å²) in [7, 11) is 0. The van der Waals surface area contributed by atoms with Crippen molar-refractivity contribution in [1.29, 1.82) is 0 Å². The van der Waals surface area contributed by atoms with Crippen molar-refractivity contribution in [2.24, 2.45) is 5.92 Å². The fourth-order valence-electron chi connectivity index (χ4n) is 3.30. The van der Waals surface area contributed by atoms with Gasteiger partial charge >= 0.3 is 12.0 Å². The van der Waals surface area contributed by atoms with Crippen LogP contribution in [0, 0.1) is 5.92 Å². The normalized spacial score (nSPS) is 19.8. The van der Waals surface area contributed by atoms with Gasteiger partial charge in [0.1, 0.15) is 5.75 Å². The van der Waals surface area contributed by atoms with Crippen LogP contribution in [0.4, 0.5) is 4.79 Å². The molecule has 1 aliphatic carbocycles. The van der Waals surface area contributed by atoms with Crippen molar-refractivity contribution < 1.29 is 19.4 Å². The molecule has 28 heavy (non-hydrogen) atoms. The maximum absolute atomic E-state index is 12.2. The molecule has 1 unspecified atom stereocenters. The quantitative estimate of drug-likeness (QED) is 0.570. The molecule has 1 fully saturated rings. The van der Waals surface area contributed by atoms with E-state index in [-0.39, 0.29) is 30.7 Å². The van der Waals surface area contributed by atoms with Gasteiger partial charge in [-0.1, -0.05) is 32.9 Å². The minimum Gasteiger partial charge on any atom is -0.493 e. The first-order chi connectivity index (χ1) is 13.3. The Morgan fingerprint density at radius 1 is 1.21 bits per heavy atom. The van der Waals surface area contributed by atoms with Gasteiger partial charge in [0.05, 0.1) is 19.2 Å². The minimum atomic E-state index is -0.814. The zero-order valence-corrected chi connectivity index (χ0v) is 17.3. The molecule has 0 heterocycles. The van der Waals surface area contributed by atoms with E-state index in [4.69, 9.17) is 9.84 Å². The topological polar surface area (TPSA) is 90.9 Å². The number of carboxylic acids is 1. The Kier molecular flexibility index (Phi) is 8.11. The summed E-state index contributed by atoms with van der Waals surface area (Å²) >= 11 is 0. The minimum absolute atomic E-state index is 0.0496. The number of benzene rings is 1. The summed E-state index contributed by atoms with van der Waals surface area (Å²) in [5.74, 6) is 0.491. The van der Waals surface area contributed by atoms with E-state index in [1.54, 1.807) is 0 Å². The molecule has 2 amide bonds. The molecule has 1 aliphatic rings. The Hall–Kier alpha value is -2.28. The first-order valence-electron chi connectivity index (χ1n) is 10.0. The predicted molar refractivity (Wildman–Crippen MR) is 109 cm³/mol. The van der Waals surface area contributed by atoms with Crippen LogP contribution in [0.5, 0.6) is 5.75 Å². The highest BCUT2D eigenvalue weighted by atomic mass is 16.5. The molecule has 7 heteroatoms. The smallest absolute Gasteiger partial charge is 0.317 e. The molecule has 0 aromatic heterocycles. The number of amides is 2. The molecule has 0 radical (unpaired) electrons. The molecule has 0 saturated heterocycles. The van der Waals surface area contributed by atoms with Crippen molar-refractivity contribution >= 4 is 12.0 Å². The second-order valence-corrected chi connectivity index (χ2v) is 7.89. The highest BCUT2D eigenvalue weighted by molar-refractivity contribution is 5.75. The largest absolute Gasteiger partial charge is 0.493 e. The molecule has 3 N–H and O–H groups in total. The zero-order valence-electron chi connectivity index (χ0n) is 17.3. The van der Waals surface area contributed by atoms with Crippen molar-refractivity contribution in [1.82, 2.24) is 15.5 Å². The third kappa shape index (κ3) is 6.71. The number of carbonyl (C=O) groups excluding carboxylic acids is 1. The molecule has 1 aromatic rings. The second-order valence-electron chi connectivity index (χ2n) is 7.89. The van der Waals surface area contributed by atoms with Crippen LogP contribution < -0.4 is 15.4 Å². The molecule has 156 valence electrons. The van der Waals surface area contributed by atoms with Gasteiger partial charge in [-0.25, -0.2) is 4.79 Å². The Morgan fingerprint density at radius 3 is 2.39 bits per heavy atom. The van der Waals surface area contributed by atoms with Crippen LogP contribution in [0.25, 0.3) is 0 Å². The summed E-state index contributed by atoms with van der Waals surface area (Å²) < 4.78 is 5.68. The van der Waals surface area contributed by atoms with Crippen LogP contribution in [0.3, 0.4) is 0 Å². The van der Waals surface area contributed by atoms with Crippen molar-refractivity contribution in [2.45, 2.75) is 58.7 Å². The summed E-state index contributed by atoms with van der Waals surface area (Å²) in [5.41, 5.74) is 1.01. The van der Waals surface area contributed by atoms with E-state index in [9.17, 15) is 9.59 Å². The van der Waals surface area contributed by atoms with E-state index in [1.165, 1.54) is 0 Å². The maximum Gasteiger partial charge on any atom is 0.317 e. The summed E-state index contributed by atoms with van der Waals surface area (Å²) in [6.07, 6.45) is 1.57. The summed E-state index contributed by atoms with van der Waals surface area (Å²) in [6, 6.07) is 7.77. The number of hydrogen-bond acceptors (Lipinski definition) is 4. The summed E-state index contributed by atoms with van der Waals surface area (Å²) in [4.78, 5) is 25.1. The number of rotatable bonds is 10. The summed E-state index contributed by atoms with van der Waals surface area (Å²) in [5, 5.41) is 14.9. The lowest BCUT2D eigenvalue weighted by molar-refractivity contribution is -0.139. The van der Waals surface area contributed by atoms with E-state index < -0.39 is 5.97 Å². The maximum atomic E-state index is 12.2. The van der Waals surface area contributed by atoms with Crippen LogP contribution in [0.15, 0.2) is 24.3 Å². The Bertz CT molecular complexity index is 642. The van der Waals surface area contributed by atoms with Crippen LogP contribution in [0.1, 0.15) is 52.1 Å². The molecule has 0 bridgehead atoms. The molecule has 1 saturated carbocycles. The number of carbonyl (C=O) groups is 2. The average Bonchev–Trinajstić information content (AvgIpc) is 2.61. The molecule has 1 aromatic carbocycles. The van der Waals surface area contributed by atoms with E-state index in [0.29, 0.717) is 19.1 Å². The number of hydrogen-bond donors (Lipinski definition) is 3. The molecule has 7 nitrogen and oxygen atoms in total. The lowest BCUT2D eigenvalue weighted by atomic mass is 9.85. The molecule has 0 aliphatic heterocycles. The van der Waals surface area contributed by atoms with Crippen molar-refractivity contribution in [3.05, 3.63) is 29.8 Å².